The van der Waals surface area contributed by atoms with E-state index in [0.29, 0.717) is 5.41 Å². The van der Waals surface area contributed by atoms with Crippen LogP contribution in [0.4, 0.5) is 0 Å². The number of fused-ring (bicyclic) bond motifs is 1. The molecule has 3 aliphatic rings. The van der Waals surface area contributed by atoms with Crippen molar-refractivity contribution in [3.63, 3.8) is 0 Å². The molecular weight excluding hydrogens is 252 g/mol. The van der Waals surface area contributed by atoms with Gasteiger partial charge in [-0.1, -0.05) is 52.9 Å². The molecule has 0 nitrogen and oxygen atoms in total. The van der Waals surface area contributed by atoms with Crippen molar-refractivity contribution in [1.82, 2.24) is 0 Å². The van der Waals surface area contributed by atoms with Gasteiger partial charge >= 0.3 is 0 Å². The van der Waals surface area contributed by atoms with Gasteiger partial charge in [0, 0.05) is 0 Å². The molecule has 0 saturated heterocycles. The first-order chi connectivity index (χ1) is 10.1. The van der Waals surface area contributed by atoms with Crippen molar-refractivity contribution in [2.24, 2.45) is 35.0 Å². The molecule has 0 bridgehead atoms. The van der Waals surface area contributed by atoms with Gasteiger partial charge in [-0.15, -0.1) is 0 Å². The highest BCUT2D eigenvalue weighted by atomic mass is 14.5. The van der Waals surface area contributed by atoms with E-state index in [4.69, 9.17) is 0 Å². The van der Waals surface area contributed by atoms with Crippen LogP contribution in [0.5, 0.6) is 0 Å². The molecule has 0 aliphatic heterocycles. The van der Waals surface area contributed by atoms with Gasteiger partial charge in [-0.05, 0) is 80.0 Å². The normalized spacial score (nSPS) is 42.6. The molecule has 4 atom stereocenters. The lowest BCUT2D eigenvalue weighted by molar-refractivity contribution is 0.0676. The lowest BCUT2D eigenvalue weighted by Gasteiger charge is -2.43. The molecule has 0 N–H and O–H groups in total. The molecular formula is C21H38. The maximum absolute atomic E-state index is 2.54. The summed E-state index contributed by atoms with van der Waals surface area (Å²) in [5.41, 5.74) is 0.714. The third-order valence-corrected chi connectivity index (χ3v) is 7.92. The summed E-state index contributed by atoms with van der Waals surface area (Å²) in [6, 6.07) is 0. The van der Waals surface area contributed by atoms with Crippen molar-refractivity contribution in [3.05, 3.63) is 0 Å². The molecule has 0 amide bonds. The third kappa shape index (κ3) is 3.20. The highest BCUT2D eigenvalue weighted by molar-refractivity contribution is 4.95. The third-order valence-electron chi connectivity index (χ3n) is 7.92. The van der Waals surface area contributed by atoms with Crippen molar-refractivity contribution in [2.75, 3.05) is 0 Å². The van der Waals surface area contributed by atoms with Crippen LogP contribution in [-0.4, -0.2) is 0 Å². The van der Waals surface area contributed by atoms with Crippen molar-refractivity contribution >= 4 is 0 Å². The van der Waals surface area contributed by atoms with Gasteiger partial charge in [0.2, 0.25) is 0 Å². The van der Waals surface area contributed by atoms with Crippen LogP contribution in [0.1, 0.15) is 97.8 Å². The van der Waals surface area contributed by atoms with Gasteiger partial charge in [0.25, 0.3) is 0 Å². The summed E-state index contributed by atoms with van der Waals surface area (Å²) in [6.07, 6.45) is 18.5. The second-order valence-electron chi connectivity index (χ2n) is 9.24. The smallest absolute Gasteiger partial charge is 0.0246 e. The molecule has 3 fully saturated rings. The Kier molecular flexibility index (Phi) is 5.01. The predicted molar refractivity (Wildman–Crippen MR) is 92.3 cm³/mol. The first kappa shape index (κ1) is 15.9. The zero-order chi connectivity index (χ0) is 14.9. The Labute approximate surface area is 133 Å². The molecule has 0 aromatic heterocycles. The molecule has 0 radical (unpaired) electrons. The fourth-order valence-corrected chi connectivity index (χ4v) is 6.52. The molecule has 3 aliphatic carbocycles. The van der Waals surface area contributed by atoms with Gasteiger partial charge < -0.3 is 0 Å². The van der Waals surface area contributed by atoms with E-state index in [1.165, 1.54) is 25.7 Å². The Bertz CT molecular complexity index is 325. The molecule has 122 valence electrons. The van der Waals surface area contributed by atoms with E-state index in [-0.39, 0.29) is 0 Å². The monoisotopic (exact) mass is 290 g/mol. The Morgan fingerprint density at radius 3 is 2.10 bits per heavy atom. The number of hydrogen-bond donors (Lipinski definition) is 0. The van der Waals surface area contributed by atoms with E-state index in [9.17, 15) is 0 Å². The standard InChI is InChI=1S/C21H38/c1-16(2)21(20-9-4-5-10-20)13-11-18-8-6-7-17(3)15-19(18)12-14-21/h16-20H,4-15H2,1-3H3. The molecule has 0 aromatic carbocycles. The van der Waals surface area contributed by atoms with Gasteiger partial charge in [-0.25, -0.2) is 0 Å². The van der Waals surface area contributed by atoms with Gasteiger partial charge in [0.1, 0.15) is 0 Å². The largest absolute Gasteiger partial charge is 0.0625 e. The second-order valence-corrected chi connectivity index (χ2v) is 9.24. The zero-order valence-corrected chi connectivity index (χ0v) is 14.9. The van der Waals surface area contributed by atoms with Crippen LogP contribution in [0.2, 0.25) is 0 Å². The molecule has 21 heavy (non-hydrogen) atoms. The topological polar surface area (TPSA) is 0 Å². The number of hydrogen-bond acceptors (Lipinski definition) is 0. The quantitative estimate of drug-likeness (QED) is 0.522. The van der Waals surface area contributed by atoms with E-state index in [1.54, 1.807) is 51.4 Å². The first-order valence-electron chi connectivity index (χ1n) is 10.1. The summed E-state index contributed by atoms with van der Waals surface area (Å²) in [5.74, 6) is 5.12. The number of rotatable bonds is 2. The summed E-state index contributed by atoms with van der Waals surface area (Å²) in [4.78, 5) is 0. The predicted octanol–water partition coefficient (Wildman–Crippen LogP) is 6.84. The average Bonchev–Trinajstić information content (AvgIpc) is 2.84. The Balaban J connectivity index is 1.76. The van der Waals surface area contributed by atoms with Crippen LogP contribution in [0.3, 0.4) is 0 Å². The van der Waals surface area contributed by atoms with Gasteiger partial charge in [0.05, 0.1) is 0 Å². The van der Waals surface area contributed by atoms with E-state index in [1.807, 2.05) is 0 Å². The maximum atomic E-state index is 2.54. The lowest BCUT2D eigenvalue weighted by Crippen LogP contribution is -2.34. The molecule has 0 heterocycles. The van der Waals surface area contributed by atoms with Gasteiger partial charge in [-0.2, -0.15) is 0 Å². The summed E-state index contributed by atoms with van der Waals surface area (Å²) in [5, 5.41) is 0. The van der Waals surface area contributed by atoms with Crippen molar-refractivity contribution in [1.29, 1.82) is 0 Å². The summed E-state index contributed by atoms with van der Waals surface area (Å²) in [7, 11) is 0. The molecule has 0 aromatic rings. The van der Waals surface area contributed by atoms with E-state index < -0.39 is 0 Å². The molecule has 0 heteroatoms. The SMILES string of the molecule is CC1CCCC2CCC(C(C)C)(C3CCCC3)CCC2C1. The average molecular weight is 291 g/mol. The van der Waals surface area contributed by atoms with Crippen molar-refractivity contribution in [3.8, 4) is 0 Å². The van der Waals surface area contributed by atoms with Gasteiger partial charge in [-0.3, -0.25) is 0 Å². The minimum Gasteiger partial charge on any atom is -0.0625 e. The molecule has 4 unspecified atom stereocenters. The van der Waals surface area contributed by atoms with Crippen LogP contribution >= 0.6 is 0 Å². The highest BCUT2D eigenvalue weighted by Crippen LogP contribution is 2.55. The van der Waals surface area contributed by atoms with E-state index in [2.05, 4.69) is 20.8 Å². The molecule has 3 rings (SSSR count). The fourth-order valence-electron chi connectivity index (χ4n) is 6.52. The molecule has 3 saturated carbocycles. The zero-order valence-electron chi connectivity index (χ0n) is 14.9. The van der Waals surface area contributed by atoms with E-state index >= 15 is 0 Å². The Hall–Kier alpha value is 0. The summed E-state index contributed by atoms with van der Waals surface area (Å²) < 4.78 is 0. The highest BCUT2D eigenvalue weighted by Gasteiger charge is 2.45. The summed E-state index contributed by atoms with van der Waals surface area (Å²) in [6.45, 7) is 7.60. The first-order valence-corrected chi connectivity index (χ1v) is 10.1. The van der Waals surface area contributed by atoms with Crippen LogP contribution in [0.25, 0.3) is 0 Å². The van der Waals surface area contributed by atoms with Crippen LogP contribution in [0.15, 0.2) is 0 Å². The maximum Gasteiger partial charge on any atom is -0.0246 e. The summed E-state index contributed by atoms with van der Waals surface area (Å²) >= 11 is 0. The van der Waals surface area contributed by atoms with Gasteiger partial charge in [0.15, 0.2) is 0 Å². The molecule has 0 spiro atoms. The minimum atomic E-state index is 0.714. The minimum absolute atomic E-state index is 0.714. The van der Waals surface area contributed by atoms with Crippen molar-refractivity contribution < 1.29 is 0 Å². The van der Waals surface area contributed by atoms with E-state index in [0.717, 1.165) is 29.6 Å². The Morgan fingerprint density at radius 1 is 0.762 bits per heavy atom. The van der Waals surface area contributed by atoms with Crippen LogP contribution in [-0.2, 0) is 0 Å². The van der Waals surface area contributed by atoms with Crippen LogP contribution in [0, 0.1) is 35.0 Å². The van der Waals surface area contributed by atoms with Crippen LogP contribution < -0.4 is 0 Å². The lowest BCUT2D eigenvalue weighted by atomic mass is 9.62. The second kappa shape index (κ2) is 6.63. The Morgan fingerprint density at radius 2 is 1.43 bits per heavy atom. The fraction of sp³-hybridized carbons (Fsp3) is 1.00. The van der Waals surface area contributed by atoms with Crippen molar-refractivity contribution in [2.45, 2.75) is 97.8 Å².